The average Bonchev–Trinajstić information content (AvgIpc) is 2.29. The number of hydrogen-bond donors (Lipinski definition) is 1. The number of alkyl halides is 2. The number of benzene rings is 1. The van der Waals surface area contributed by atoms with Gasteiger partial charge in [0.2, 0.25) is 0 Å². The molecule has 0 spiro atoms. The van der Waals surface area contributed by atoms with Crippen LogP contribution in [0, 0.1) is 10.1 Å². The Morgan fingerprint density at radius 3 is 2.59 bits per heavy atom. The molecule has 5 nitrogen and oxygen atoms in total. The van der Waals surface area contributed by atoms with Crippen molar-refractivity contribution in [3.05, 3.63) is 39.9 Å². The molecule has 1 rings (SSSR count). The van der Waals surface area contributed by atoms with Crippen LogP contribution in [0.3, 0.4) is 0 Å². The van der Waals surface area contributed by atoms with Gasteiger partial charge in [0.15, 0.2) is 0 Å². The third-order valence-electron chi connectivity index (χ3n) is 1.93. The van der Waals surface area contributed by atoms with E-state index >= 15 is 0 Å². The molecule has 0 aliphatic rings. The number of nitro groups is 1. The highest BCUT2D eigenvalue weighted by Crippen LogP contribution is 2.12. The molecule has 92 valence electrons. The number of nitro benzene ring substituents is 1. The molecule has 0 fully saturated rings. The van der Waals surface area contributed by atoms with Gasteiger partial charge in [-0.05, 0) is 17.7 Å². The highest BCUT2D eigenvalue weighted by molar-refractivity contribution is 14.1. The number of rotatable bonds is 5. The van der Waals surface area contributed by atoms with Crippen molar-refractivity contribution < 1.29 is 10.0 Å². The first kappa shape index (κ1) is 14.3. The first-order valence-electron chi connectivity index (χ1n) is 4.71. The fourth-order valence-corrected chi connectivity index (χ4v) is 1.34. The van der Waals surface area contributed by atoms with Gasteiger partial charge >= 0.3 is 0 Å². The van der Waals surface area contributed by atoms with Gasteiger partial charge in [-0.3, -0.25) is 15.1 Å². The fraction of sp³-hybridized carbons (Fsp3) is 0.300. The van der Waals surface area contributed by atoms with Gasteiger partial charge in [-0.2, -0.15) is 0 Å². The van der Waals surface area contributed by atoms with Crippen molar-refractivity contribution in [2.75, 3.05) is 6.54 Å². The Morgan fingerprint density at radius 1 is 1.53 bits per heavy atom. The van der Waals surface area contributed by atoms with Gasteiger partial charge in [0.25, 0.3) is 5.69 Å². The Labute approximate surface area is 117 Å². The minimum atomic E-state index is -0.702. The molecule has 7 heteroatoms. The van der Waals surface area contributed by atoms with Gasteiger partial charge in [-0.25, -0.2) is 0 Å². The molecule has 1 aromatic rings. The number of aliphatic hydroxyl groups excluding tert-OH is 1. The molecule has 0 heterocycles. The maximum Gasteiger partial charge on any atom is 0.269 e. The summed E-state index contributed by atoms with van der Waals surface area (Å²) in [6.45, 7) is 0.202. The van der Waals surface area contributed by atoms with Gasteiger partial charge in [0.1, 0.15) is 3.38 Å². The van der Waals surface area contributed by atoms with Gasteiger partial charge in [0, 0.05) is 18.3 Å². The maximum absolute atomic E-state index is 10.4. The molecule has 0 amide bonds. The zero-order chi connectivity index (χ0) is 12.8. The van der Waals surface area contributed by atoms with Crippen LogP contribution in [0.2, 0.25) is 0 Å². The second kappa shape index (κ2) is 6.87. The predicted octanol–water partition coefficient (Wildman–Crippen LogP) is 2.37. The largest absolute Gasteiger partial charge is 0.389 e. The van der Waals surface area contributed by atoms with Crippen LogP contribution < -0.4 is 0 Å². The molecule has 0 aromatic heterocycles. The minimum Gasteiger partial charge on any atom is -0.389 e. The number of halogens is 2. The van der Waals surface area contributed by atoms with Crippen LogP contribution in [0.4, 0.5) is 5.69 Å². The highest BCUT2D eigenvalue weighted by atomic mass is 127. The van der Waals surface area contributed by atoms with E-state index in [0.717, 1.165) is 5.56 Å². The van der Waals surface area contributed by atoms with E-state index in [9.17, 15) is 15.2 Å². The average molecular weight is 369 g/mol. The molecule has 1 unspecified atom stereocenters. The topological polar surface area (TPSA) is 75.7 Å². The van der Waals surface area contributed by atoms with Gasteiger partial charge < -0.3 is 5.11 Å². The van der Waals surface area contributed by atoms with Crippen LogP contribution in [0.25, 0.3) is 0 Å². The summed E-state index contributed by atoms with van der Waals surface area (Å²) in [6, 6.07) is 5.99. The van der Waals surface area contributed by atoms with Gasteiger partial charge in [-0.1, -0.05) is 22.6 Å². The van der Waals surface area contributed by atoms with E-state index in [1.165, 1.54) is 12.1 Å². The third kappa shape index (κ3) is 4.97. The summed E-state index contributed by atoms with van der Waals surface area (Å²) in [5, 5.41) is 19.8. The number of hydrogen-bond acceptors (Lipinski definition) is 4. The highest BCUT2D eigenvalue weighted by Gasteiger charge is 2.10. The minimum absolute atomic E-state index is 0.0373. The first-order valence-corrected chi connectivity index (χ1v) is 6.39. The van der Waals surface area contributed by atoms with Gasteiger partial charge in [0.05, 0.1) is 17.6 Å². The SMILES string of the molecule is O=[N+]([O-])c1ccc(C=NCC(O)[C@@H](Cl)I)cc1. The summed E-state index contributed by atoms with van der Waals surface area (Å²) in [5.41, 5.74) is 0.776. The summed E-state index contributed by atoms with van der Waals surface area (Å²) < 4.78 is -0.387. The molecular weight excluding hydrogens is 358 g/mol. The lowest BCUT2D eigenvalue weighted by atomic mass is 10.2. The summed E-state index contributed by atoms with van der Waals surface area (Å²) in [7, 11) is 0. The van der Waals surface area contributed by atoms with Crippen LogP contribution in [0.5, 0.6) is 0 Å². The molecular formula is C10H10ClIN2O3. The smallest absolute Gasteiger partial charge is 0.269 e. The molecule has 1 aromatic carbocycles. The maximum atomic E-state index is 10.4. The molecule has 0 bridgehead atoms. The molecule has 0 saturated heterocycles. The van der Waals surface area contributed by atoms with E-state index in [1.807, 2.05) is 22.6 Å². The van der Waals surface area contributed by atoms with Crippen molar-refractivity contribution in [1.82, 2.24) is 0 Å². The van der Waals surface area contributed by atoms with E-state index in [0.29, 0.717) is 0 Å². The van der Waals surface area contributed by atoms with Crippen LogP contribution in [-0.2, 0) is 0 Å². The van der Waals surface area contributed by atoms with Crippen LogP contribution in [0.15, 0.2) is 29.3 Å². The summed E-state index contributed by atoms with van der Waals surface area (Å²) in [6.07, 6.45) is 0.842. The van der Waals surface area contributed by atoms with Gasteiger partial charge in [-0.15, -0.1) is 11.6 Å². The van der Waals surface area contributed by atoms with Crippen LogP contribution in [0.1, 0.15) is 5.56 Å². The molecule has 0 saturated carbocycles. The Bertz CT molecular complexity index is 409. The number of aliphatic hydroxyl groups is 1. The lowest BCUT2D eigenvalue weighted by Crippen LogP contribution is -2.18. The van der Waals surface area contributed by atoms with Crippen molar-refractivity contribution in [3.63, 3.8) is 0 Å². The molecule has 1 N–H and O–H groups in total. The lowest BCUT2D eigenvalue weighted by molar-refractivity contribution is -0.384. The van der Waals surface area contributed by atoms with E-state index in [2.05, 4.69) is 4.99 Å². The number of aliphatic imine (C=N–C) groups is 1. The van der Waals surface area contributed by atoms with E-state index in [4.69, 9.17) is 11.6 Å². The van der Waals surface area contributed by atoms with Crippen molar-refractivity contribution in [2.24, 2.45) is 4.99 Å². The van der Waals surface area contributed by atoms with Crippen molar-refractivity contribution in [3.8, 4) is 0 Å². The quantitative estimate of drug-likeness (QED) is 0.285. The summed E-state index contributed by atoms with van der Waals surface area (Å²) >= 11 is 7.55. The van der Waals surface area contributed by atoms with E-state index in [-0.39, 0.29) is 15.6 Å². The molecule has 0 aliphatic heterocycles. The van der Waals surface area contributed by atoms with Crippen molar-refractivity contribution in [1.29, 1.82) is 0 Å². The zero-order valence-electron chi connectivity index (χ0n) is 8.66. The fourth-order valence-electron chi connectivity index (χ4n) is 1.03. The number of nitrogens with zero attached hydrogens (tertiary/aromatic N) is 2. The Morgan fingerprint density at radius 2 is 2.12 bits per heavy atom. The standard InChI is InChI=1S/C10H10ClIN2O3/c11-10(12)9(15)6-13-5-7-1-3-8(4-2-7)14(16)17/h1-5,9-10,15H,6H2/t9?,10-/m0/s1. The third-order valence-corrected chi connectivity index (χ3v) is 3.05. The van der Waals surface area contributed by atoms with Crippen molar-refractivity contribution >= 4 is 46.1 Å². The first-order chi connectivity index (χ1) is 8.00. The monoisotopic (exact) mass is 368 g/mol. The Balaban J connectivity index is 2.57. The molecule has 17 heavy (non-hydrogen) atoms. The van der Waals surface area contributed by atoms with Crippen molar-refractivity contribution in [2.45, 2.75) is 9.49 Å². The Kier molecular flexibility index (Phi) is 5.79. The summed E-state index contributed by atoms with van der Waals surface area (Å²) in [5.74, 6) is 0. The van der Waals surface area contributed by atoms with Crippen LogP contribution >= 0.6 is 34.2 Å². The number of non-ortho nitro benzene ring substituents is 1. The lowest BCUT2D eigenvalue weighted by Gasteiger charge is -2.06. The second-order valence-corrected chi connectivity index (χ2v) is 5.79. The van der Waals surface area contributed by atoms with E-state index in [1.54, 1.807) is 18.3 Å². The zero-order valence-corrected chi connectivity index (χ0v) is 11.6. The second-order valence-electron chi connectivity index (χ2n) is 3.24. The summed E-state index contributed by atoms with van der Waals surface area (Å²) in [4.78, 5) is 14.0. The van der Waals surface area contributed by atoms with Crippen LogP contribution in [-0.4, -0.2) is 32.3 Å². The molecule has 0 aliphatic carbocycles. The normalized spacial score (nSPS) is 14.8. The van der Waals surface area contributed by atoms with E-state index < -0.39 is 11.0 Å². The Hall–Kier alpha value is -0.730. The predicted molar refractivity (Wildman–Crippen MR) is 75.2 cm³/mol. The molecule has 2 atom stereocenters. The molecule has 0 radical (unpaired) electrons.